The lowest BCUT2D eigenvalue weighted by Gasteiger charge is -2.07. The maximum Gasteiger partial charge on any atom is 0.310 e. The molecule has 1 aromatic carbocycles. The van der Waals surface area contributed by atoms with Crippen molar-refractivity contribution in [2.45, 2.75) is 40.7 Å². The van der Waals surface area contributed by atoms with Gasteiger partial charge in [0.2, 0.25) is 0 Å². The Morgan fingerprint density at radius 2 is 2.00 bits per heavy atom. The van der Waals surface area contributed by atoms with Gasteiger partial charge in [-0.25, -0.2) is 0 Å². The molecule has 0 aliphatic heterocycles. The minimum Gasteiger partial charge on any atom is -0.461 e. The van der Waals surface area contributed by atoms with Gasteiger partial charge in [-0.2, -0.15) is 0 Å². The van der Waals surface area contributed by atoms with E-state index in [2.05, 4.69) is 52.5 Å². The highest BCUT2D eigenvalue weighted by molar-refractivity contribution is 5.78. The fourth-order valence-electron chi connectivity index (χ4n) is 3.06. The molecule has 0 N–H and O–H groups in total. The maximum absolute atomic E-state index is 12.3. The largest absolute Gasteiger partial charge is 0.461 e. The van der Waals surface area contributed by atoms with Crippen LogP contribution in [-0.2, 0) is 22.6 Å². The minimum atomic E-state index is -0.0818. The van der Waals surface area contributed by atoms with Gasteiger partial charge in [0.1, 0.15) is 6.61 Å². The average Bonchev–Trinajstić information content (AvgIpc) is 2.97. The van der Waals surface area contributed by atoms with Crippen molar-refractivity contribution in [3.63, 3.8) is 0 Å². The van der Waals surface area contributed by atoms with Crippen LogP contribution in [0.2, 0.25) is 0 Å². The molecule has 0 bridgehead atoms. The van der Waals surface area contributed by atoms with Crippen LogP contribution in [0.25, 0.3) is 0 Å². The SMILES string of the molecule is C=CCc1cccc(COC(=O)[C@@H]2[C@@H](C=C(C)C)C2(C)C)c1. The molecule has 1 aromatic rings. The third-order valence-corrected chi connectivity index (χ3v) is 4.43. The number of carbonyl (C=O) groups is 1. The number of carbonyl (C=O) groups excluding carboxylic acids is 1. The summed E-state index contributed by atoms with van der Waals surface area (Å²) in [5, 5.41) is 0. The van der Waals surface area contributed by atoms with Crippen LogP contribution < -0.4 is 0 Å². The van der Waals surface area contributed by atoms with Crippen LogP contribution in [0.15, 0.2) is 48.6 Å². The number of esters is 1. The molecule has 22 heavy (non-hydrogen) atoms. The molecule has 118 valence electrons. The van der Waals surface area contributed by atoms with Gasteiger partial charge in [0, 0.05) is 0 Å². The molecule has 0 saturated heterocycles. The number of ether oxygens (including phenoxy) is 1. The highest BCUT2D eigenvalue weighted by Crippen LogP contribution is 2.59. The summed E-state index contributed by atoms with van der Waals surface area (Å²) in [7, 11) is 0. The van der Waals surface area contributed by atoms with Gasteiger partial charge in [-0.05, 0) is 42.7 Å². The lowest BCUT2D eigenvalue weighted by atomic mass is 10.1. The smallest absolute Gasteiger partial charge is 0.310 e. The van der Waals surface area contributed by atoms with Gasteiger partial charge in [0.05, 0.1) is 5.92 Å². The van der Waals surface area contributed by atoms with Gasteiger partial charge in [-0.15, -0.1) is 6.58 Å². The van der Waals surface area contributed by atoms with Crippen molar-refractivity contribution in [3.8, 4) is 0 Å². The summed E-state index contributed by atoms with van der Waals surface area (Å²) < 4.78 is 5.54. The van der Waals surface area contributed by atoms with Crippen molar-refractivity contribution in [3.05, 3.63) is 59.7 Å². The van der Waals surface area contributed by atoms with Crippen molar-refractivity contribution in [1.29, 1.82) is 0 Å². The Morgan fingerprint density at radius 3 is 2.64 bits per heavy atom. The third kappa shape index (κ3) is 3.68. The molecule has 0 radical (unpaired) electrons. The van der Waals surface area contributed by atoms with E-state index in [1.807, 2.05) is 18.2 Å². The van der Waals surface area contributed by atoms with Crippen molar-refractivity contribution < 1.29 is 9.53 Å². The molecule has 0 amide bonds. The number of benzene rings is 1. The second-order valence-electron chi connectivity index (χ2n) is 6.99. The lowest BCUT2D eigenvalue weighted by Crippen LogP contribution is -2.10. The van der Waals surface area contributed by atoms with Crippen LogP contribution in [0.5, 0.6) is 0 Å². The summed E-state index contributed by atoms with van der Waals surface area (Å²) >= 11 is 0. The molecule has 0 aromatic heterocycles. The Kier molecular flexibility index (Phi) is 4.90. The van der Waals surface area contributed by atoms with Crippen LogP contribution in [0.1, 0.15) is 38.8 Å². The van der Waals surface area contributed by atoms with Crippen LogP contribution in [0.4, 0.5) is 0 Å². The molecule has 2 nitrogen and oxygen atoms in total. The van der Waals surface area contributed by atoms with E-state index in [1.165, 1.54) is 11.1 Å². The van der Waals surface area contributed by atoms with E-state index in [1.54, 1.807) is 0 Å². The second-order valence-corrected chi connectivity index (χ2v) is 6.99. The first-order chi connectivity index (χ1) is 10.4. The van der Waals surface area contributed by atoms with Crippen molar-refractivity contribution in [1.82, 2.24) is 0 Å². The Balaban J connectivity index is 1.95. The Bertz CT molecular complexity index is 591. The van der Waals surface area contributed by atoms with Crippen LogP contribution in [0.3, 0.4) is 0 Å². The van der Waals surface area contributed by atoms with Crippen molar-refractivity contribution >= 4 is 5.97 Å². The van der Waals surface area contributed by atoms with Gasteiger partial charge >= 0.3 is 5.97 Å². The number of allylic oxidation sites excluding steroid dienone is 3. The molecule has 2 heteroatoms. The van der Waals surface area contributed by atoms with Gasteiger partial charge in [0.25, 0.3) is 0 Å². The highest BCUT2D eigenvalue weighted by Gasteiger charge is 2.61. The van der Waals surface area contributed by atoms with Crippen LogP contribution >= 0.6 is 0 Å². The zero-order valence-electron chi connectivity index (χ0n) is 14.1. The Hall–Kier alpha value is -1.83. The Labute approximate surface area is 133 Å². The van der Waals surface area contributed by atoms with E-state index >= 15 is 0 Å². The predicted octanol–water partition coefficient (Wildman–Crippen LogP) is 4.70. The zero-order valence-corrected chi connectivity index (χ0v) is 14.1. The molecule has 1 aliphatic carbocycles. The molecule has 2 atom stereocenters. The molecule has 1 fully saturated rings. The predicted molar refractivity (Wildman–Crippen MR) is 90.3 cm³/mol. The Morgan fingerprint density at radius 1 is 1.32 bits per heavy atom. The number of hydrogen-bond acceptors (Lipinski definition) is 2. The normalized spacial score (nSPS) is 21.8. The number of hydrogen-bond donors (Lipinski definition) is 0. The van der Waals surface area contributed by atoms with E-state index in [-0.39, 0.29) is 17.3 Å². The lowest BCUT2D eigenvalue weighted by molar-refractivity contribution is -0.147. The van der Waals surface area contributed by atoms with E-state index in [0.717, 1.165) is 12.0 Å². The number of rotatable bonds is 6. The van der Waals surface area contributed by atoms with Gasteiger partial charge in [0.15, 0.2) is 0 Å². The fourth-order valence-corrected chi connectivity index (χ4v) is 3.06. The van der Waals surface area contributed by atoms with Gasteiger partial charge in [-0.3, -0.25) is 4.79 Å². The quantitative estimate of drug-likeness (QED) is 0.562. The average molecular weight is 298 g/mol. The van der Waals surface area contributed by atoms with Crippen molar-refractivity contribution in [2.75, 3.05) is 0 Å². The first-order valence-electron chi connectivity index (χ1n) is 7.86. The summed E-state index contributed by atoms with van der Waals surface area (Å²) in [5.74, 6) is 0.206. The van der Waals surface area contributed by atoms with E-state index < -0.39 is 0 Å². The molecular formula is C20H26O2. The van der Waals surface area contributed by atoms with E-state index in [4.69, 9.17) is 4.74 Å². The molecule has 0 unspecified atom stereocenters. The van der Waals surface area contributed by atoms with Crippen LogP contribution in [-0.4, -0.2) is 5.97 Å². The van der Waals surface area contributed by atoms with Crippen molar-refractivity contribution in [2.24, 2.45) is 17.3 Å². The molecule has 1 aliphatic rings. The zero-order chi connectivity index (χ0) is 16.3. The fraction of sp³-hybridized carbons (Fsp3) is 0.450. The molecule has 1 saturated carbocycles. The standard InChI is InChI=1S/C20H26O2/c1-6-8-15-9-7-10-16(12-15)13-22-19(21)18-17(11-14(2)3)20(18,4)5/h6-7,9-12,17-18H,1,8,13H2,2-5H3/t17-,18+/m1/s1. The molecule has 0 heterocycles. The summed E-state index contributed by atoms with van der Waals surface area (Å²) in [6.07, 6.45) is 4.90. The summed E-state index contributed by atoms with van der Waals surface area (Å²) in [6, 6.07) is 8.11. The second kappa shape index (κ2) is 6.51. The summed E-state index contributed by atoms with van der Waals surface area (Å²) in [4.78, 5) is 12.3. The molecular weight excluding hydrogens is 272 g/mol. The monoisotopic (exact) mass is 298 g/mol. The minimum absolute atomic E-state index is 0.0129. The maximum atomic E-state index is 12.3. The third-order valence-electron chi connectivity index (χ3n) is 4.43. The van der Waals surface area contributed by atoms with Crippen LogP contribution in [0, 0.1) is 17.3 Å². The molecule has 2 rings (SSSR count). The topological polar surface area (TPSA) is 26.3 Å². The summed E-state index contributed by atoms with van der Waals surface area (Å²) in [6.45, 7) is 12.5. The van der Waals surface area contributed by atoms with E-state index in [9.17, 15) is 4.79 Å². The highest BCUT2D eigenvalue weighted by atomic mass is 16.5. The first kappa shape index (κ1) is 16.5. The van der Waals surface area contributed by atoms with E-state index in [0.29, 0.717) is 12.5 Å². The molecule has 0 spiro atoms. The summed E-state index contributed by atoms with van der Waals surface area (Å²) in [5.41, 5.74) is 3.49. The van der Waals surface area contributed by atoms with Gasteiger partial charge in [-0.1, -0.05) is 55.8 Å². The van der Waals surface area contributed by atoms with Gasteiger partial charge < -0.3 is 4.74 Å². The first-order valence-corrected chi connectivity index (χ1v) is 7.86.